The molecular weight excluding hydrogens is 318 g/mol. The van der Waals surface area contributed by atoms with Gasteiger partial charge in [-0.1, -0.05) is 0 Å². The minimum Gasteiger partial charge on any atom is -0.497 e. The Bertz CT molecular complexity index is 784. The van der Waals surface area contributed by atoms with E-state index in [0.29, 0.717) is 12.1 Å². The lowest BCUT2D eigenvalue weighted by atomic mass is 10.2. The van der Waals surface area contributed by atoms with Crippen LogP contribution in [0.15, 0.2) is 24.3 Å². The van der Waals surface area contributed by atoms with Crippen LogP contribution in [0.1, 0.15) is 15.9 Å². The smallest absolute Gasteiger partial charge is 0.349 e. The molecule has 0 aliphatic carbocycles. The molecule has 0 spiro atoms. The predicted octanol–water partition coefficient (Wildman–Crippen LogP) is 3.34. The quantitative estimate of drug-likeness (QED) is 0.493. The van der Waals surface area contributed by atoms with E-state index < -0.39 is 46.1 Å². The summed E-state index contributed by atoms with van der Waals surface area (Å²) in [6.45, 7) is 0. The first kappa shape index (κ1) is 16.3. The lowest BCUT2D eigenvalue weighted by molar-refractivity contribution is 0.0723. The van der Waals surface area contributed by atoms with Gasteiger partial charge >= 0.3 is 5.97 Å². The summed E-state index contributed by atoms with van der Waals surface area (Å²) in [4.78, 5) is 11.8. The number of benzene rings is 2. The number of esters is 1. The number of carbonyl (C=O) groups is 1. The summed E-state index contributed by atoms with van der Waals surface area (Å²) in [7, 11) is 1.18. The average Bonchev–Trinajstić information content (AvgIpc) is 2.45. The Morgan fingerprint density at radius 2 is 1.43 bits per heavy atom. The molecule has 2 aromatic rings. The molecule has 2 aromatic carbocycles. The third-order valence-electron chi connectivity index (χ3n) is 2.79. The first-order chi connectivity index (χ1) is 10.9. The van der Waals surface area contributed by atoms with Gasteiger partial charge in [-0.3, -0.25) is 0 Å². The van der Waals surface area contributed by atoms with Crippen LogP contribution in [0.5, 0.6) is 11.5 Å². The summed E-state index contributed by atoms with van der Waals surface area (Å²) in [5.41, 5.74) is -1.91. The van der Waals surface area contributed by atoms with Crippen molar-refractivity contribution in [3.63, 3.8) is 0 Å². The third kappa shape index (κ3) is 3.23. The summed E-state index contributed by atoms with van der Waals surface area (Å²) in [6.07, 6.45) is 0. The Morgan fingerprint density at radius 1 is 0.957 bits per heavy atom. The fourth-order valence-electron chi connectivity index (χ4n) is 1.74. The lowest BCUT2D eigenvalue weighted by Crippen LogP contribution is -2.14. The Labute approximate surface area is 127 Å². The van der Waals surface area contributed by atoms with E-state index in [1.54, 1.807) is 0 Å². The zero-order valence-electron chi connectivity index (χ0n) is 11.5. The van der Waals surface area contributed by atoms with Gasteiger partial charge in [-0.15, -0.1) is 0 Å². The van der Waals surface area contributed by atoms with Gasteiger partial charge < -0.3 is 9.47 Å². The molecule has 0 saturated carbocycles. The molecule has 0 N–H and O–H groups in total. The van der Waals surface area contributed by atoms with Gasteiger partial charge in [0.15, 0.2) is 0 Å². The number of rotatable bonds is 3. The number of nitrogens with zero attached hydrogens (tertiary/aromatic N) is 1. The molecule has 0 atom stereocenters. The molecule has 0 amide bonds. The van der Waals surface area contributed by atoms with Crippen molar-refractivity contribution in [1.82, 2.24) is 0 Å². The fourth-order valence-corrected chi connectivity index (χ4v) is 1.74. The normalized spacial score (nSPS) is 10.1. The van der Waals surface area contributed by atoms with Crippen LogP contribution in [0.3, 0.4) is 0 Å². The maximum Gasteiger partial charge on any atom is 0.349 e. The van der Waals surface area contributed by atoms with E-state index >= 15 is 0 Å². The molecule has 4 nitrogen and oxygen atoms in total. The van der Waals surface area contributed by atoms with Crippen LogP contribution < -0.4 is 9.47 Å². The van der Waals surface area contributed by atoms with Crippen LogP contribution in [0, 0.1) is 34.6 Å². The van der Waals surface area contributed by atoms with Crippen molar-refractivity contribution in [3.8, 4) is 17.6 Å². The summed E-state index contributed by atoms with van der Waals surface area (Å²) >= 11 is 0. The second kappa shape index (κ2) is 6.36. The Balaban J connectivity index is 2.36. The molecule has 8 heteroatoms. The molecule has 0 aliphatic heterocycles. The zero-order valence-corrected chi connectivity index (χ0v) is 11.5. The van der Waals surface area contributed by atoms with Gasteiger partial charge in [-0.05, 0) is 0 Å². The van der Waals surface area contributed by atoms with Gasteiger partial charge in [0.25, 0.3) is 0 Å². The van der Waals surface area contributed by atoms with Gasteiger partial charge in [-0.25, -0.2) is 22.4 Å². The Hall–Kier alpha value is -3.08. The highest BCUT2D eigenvalue weighted by atomic mass is 19.1. The van der Waals surface area contributed by atoms with Gasteiger partial charge in [0.1, 0.15) is 52.0 Å². The number of halogens is 4. The number of hydrogen-bond donors (Lipinski definition) is 0. The number of ether oxygens (including phenoxy) is 2. The average molecular weight is 325 g/mol. The van der Waals surface area contributed by atoms with Crippen molar-refractivity contribution < 1.29 is 31.8 Å². The Morgan fingerprint density at radius 3 is 1.87 bits per heavy atom. The van der Waals surface area contributed by atoms with Crippen molar-refractivity contribution in [2.24, 2.45) is 0 Å². The van der Waals surface area contributed by atoms with Crippen molar-refractivity contribution >= 4 is 5.97 Å². The first-order valence-electron chi connectivity index (χ1n) is 6.01. The molecule has 0 fully saturated rings. The van der Waals surface area contributed by atoms with Gasteiger partial charge in [-0.2, -0.15) is 5.26 Å². The third-order valence-corrected chi connectivity index (χ3v) is 2.79. The highest BCUT2D eigenvalue weighted by Gasteiger charge is 2.22. The topological polar surface area (TPSA) is 59.3 Å². The van der Waals surface area contributed by atoms with Crippen LogP contribution in [0.25, 0.3) is 0 Å². The number of nitriles is 1. The van der Waals surface area contributed by atoms with E-state index in [4.69, 9.17) is 5.26 Å². The number of carbonyl (C=O) groups excluding carboxylic acids is 1. The zero-order chi connectivity index (χ0) is 17.1. The largest absolute Gasteiger partial charge is 0.497 e. The van der Waals surface area contributed by atoms with Gasteiger partial charge in [0, 0.05) is 24.3 Å². The van der Waals surface area contributed by atoms with Crippen molar-refractivity contribution in [2.75, 3.05) is 7.11 Å². The Kier molecular flexibility index (Phi) is 4.50. The van der Waals surface area contributed by atoms with Gasteiger partial charge in [0.2, 0.25) is 0 Å². The predicted molar refractivity (Wildman–Crippen MR) is 68.9 cm³/mol. The molecular formula is C15H7F4NO3. The highest BCUT2D eigenvalue weighted by molar-refractivity contribution is 5.91. The fraction of sp³-hybridized carbons (Fsp3) is 0.0667. The molecule has 0 bridgehead atoms. The highest BCUT2D eigenvalue weighted by Crippen LogP contribution is 2.24. The minimum absolute atomic E-state index is 0.160. The van der Waals surface area contributed by atoms with Crippen LogP contribution in [0.4, 0.5) is 17.6 Å². The van der Waals surface area contributed by atoms with Gasteiger partial charge in [0.05, 0.1) is 7.11 Å². The summed E-state index contributed by atoms with van der Waals surface area (Å²) in [6, 6.07) is 3.89. The summed E-state index contributed by atoms with van der Waals surface area (Å²) in [5, 5.41) is 8.52. The maximum atomic E-state index is 13.7. The van der Waals surface area contributed by atoms with E-state index in [1.165, 1.54) is 13.2 Å². The molecule has 0 radical (unpaired) electrons. The molecule has 0 heterocycles. The SMILES string of the molecule is COc1cc(F)c(C(=O)Oc2cc(F)c(C#N)c(F)c2)c(F)c1. The second-order valence-electron chi connectivity index (χ2n) is 4.23. The summed E-state index contributed by atoms with van der Waals surface area (Å²) in [5.74, 6) is -7.36. The molecule has 0 aliphatic rings. The van der Waals surface area contributed by atoms with Crippen LogP contribution in [-0.4, -0.2) is 13.1 Å². The van der Waals surface area contributed by atoms with Crippen molar-refractivity contribution in [1.29, 1.82) is 5.26 Å². The van der Waals surface area contributed by atoms with E-state index in [1.807, 2.05) is 0 Å². The molecule has 2 rings (SSSR count). The monoisotopic (exact) mass is 325 g/mol. The number of hydrogen-bond acceptors (Lipinski definition) is 4. The van der Waals surface area contributed by atoms with E-state index in [-0.39, 0.29) is 5.75 Å². The van der Waals surface area contributed by atoms with E-state index in [0.717, 1.165) is 12.1 Å². The lowest BCUT2D eigenvalue weighted by Gasteiger charge is -2.08. The van der Waals surface area contributed by atoms with Crippen LogP contribution >= 0.6 is 0 Å². The van der Waals surface area contributed by atoms with Crippen LogP contribution in [0.2, 0.25) is 0 Å². The number of methoxy groups -OCH3 is 1. The first-order valence-corrected chi connectivity index (χ1v) is 6.01. The minimum atomic E-state index is -1.49. The summed E-state index contributed by atoms with van der Waals surface area (Å²) < 4.78 is 63.4. The van der Waals surface area contributed by atoms with Crippen LogP contribution in [-0.2, 0) is 0 Å². The van der Waals surface area contributed by atoms with Crippen molar-refractivity contribution in [3.05, 3.63) is 58.7 Å². The van der Waals surface area contributed by atoms with E-state index in [9.17, 15) is 22.4 Å². The standard InChI is InChI=1S/C15H7F4NO3/c1-22-7-2-12(18)14(13(19)3-7)15(21)23-8-4-10(16)9(6-20)11(17)5-8/h2-5H,1H3. The van der Waals surface area contributed by atoms with E-state index in [2.05, 4.69) is 9.47 Å². The molecule has 0 saturated heterocycles. The second-order valence-corrected chi connectivity index (χ2v) is 4.23. The molecule has 0 aromatic heterocycles. The molecule has 0 unspecified atom stereocenters. The molecule has 118 valence electrons. The van der Waals surface area contributed by atoms with Crippen molar-refractivity contribution in [2.45, 2.75) is 0 Å². The molecule has 23 heavy (non-hydrogen) atoms. The maximum absolute atomic E-state index is 13.7.